The number of guanidine groups is 1. The fourth-order valence-electron chi connectivity index (χ4n) is 6.64. The van der Waals surface area contributed by atoms with Crippen molar-refractivity contribution in [2.24, 2.45) is 10.7 Å². The van der Waals surface area contributed by atoms with E-state index in [1.54, 1.807) is 44.2 Å². The van der Waals surface area contributed by atoms with Crippen LogP contribution in [0.2, 0.25) is 0 Å². The van der Waals surface area contributed by atoms with Gasteiger partial charge in [-0.3, -0.25) is 19.4 Å². The van der Waals surface area contributed by atoms with E-state index in [1.165, 1.54) is 20.1 Å². The van der Waals surface area contributed by atoms with Gasteiger partial charge in [-0.1, -0.05) is 37.8 Å². The van der Waals surface area contributed by atoms with Crippen molar-refractivity contribution in [3.63, 3.8) is 0 Å². The minimum absolute atomic E-state index is 0.00229. The number of ether oxygens (including phenoxy) is 3. The van der Waals surface area contributed by atoms with E-state index < -0.39 is 51.8 Å². The fraction of sp³-hybridized carbons (Fsp3) is 0.500. The SMILES string of the molecule is C=CC[C@H](NC(=O)[C@H](CCCN=C(N)NS(=O)(=O)c1c(C)c(C)c2c(c1C)CCC(C)(CC)O2)NC(=O)[C@H](Cc1ccc(O[C@H](C)C=C)cc1)NC(C)=O)C(=O)OC. The molecule has 15 nitrogen and oxygen atoms in total. The minimum Gasteiger partial charge on any atom is -0.487 e. The molecule has 0 radical (unpaired) electrons. The highest BCUT2D eigenvalue weighted by molar-refractivity contribution is 7.90. The van der Waals surface area contributed by atoms with Crippen molar-refractivity contribution in [1.82, 2.24) is 20.7 Å². The third kappa shape index (κ3) is 12.6. The van der Waals surface area contributed by atoms with Crippen molar-refractivity contribution < 1.29 is 41.8 Å². The molecule has 5 atom stereocenters. The number of hydrogen-bond acceptors (Lipinski definition) is 10. The summed E-state index contributed by atoms with van der Waals surface area (Å²) < 4.78 is 46.8. The summed E-state index contributed by atoms with van der Waals surface area (Å²) in [4.78, 5) is 56.3. The molecule has 2 aromatic rings. The van der Waals surface area contributed by atoms with Crippen LogP contribution in [0.25, 0.3) is 0 Å². The molecular formula is C42H60N6O9S. The standard InChI is InChI=1S/C42H60N6O9S/c1-11-15-34(40(52)55-10)47-38(50)33(46-39(51)35(45-29(8)49)24-30-17-19-31(20-18-30)56-25(4)12-2)16-14-23-44-41(43)48-58(53,54)37-27(6)26(5)36-32(28(37)7)21-22-42(9,13-3)57-36/h11-12,17-20,25,33-35H,1-2,13-16,21-24H2,3-10H3,(H,45,49)(H,46,51)(H,47,50)(H3,43,44,48)/t25-,33+,34+,35+,42?/m1/s1. The lowest BCUT2D eigenvalue weighted by Crippen LogP contribution is -2.56. The Bertz CT molecular complexity index is 1980. The quantitative estimate of drug-likeness (QED) is 0.0427. The van der Waals surface area contributed by atoms with Crippen molar-refractivity contribution in [3.8, 4) is 11.5 Å². The summed E-state index contributed by atoms with van der Waals surface area (Å²) in [6.07, 6.45) is 5.44. The van der Waals surface area contributed by atoms with Crippen LogP contribution in [-0.4, -0.2) is 81.6 Å². The zero-order valence-electron chi connectivity index (χ0n) is 35.0. The molecule has 3 amide bonds. The van der Waals surface area contributed by atoms with E-state index in [1.807, 2.05) is 13.8 Å². The highest BCUT2D eigenvalue weighted by Crippen LogP contribution is 2.43. The molecule has 3 rings (SSSR count). The van der Waals surface area contributed by atoms with Gasteiger partial charge in [0.15, 0.2) is 0 Å². The summed E-state index contributed by atoms with van der Waals surface area (Å²) in [6.45, 7) is 19.9. The number of nitrogens with zero attached hydrogens (tertiary/aromatic N) is 1. The van der Waals surface area contributed by atoms with Gasteiger partial charge in [0.2, 0.25) is 23.7 Å². The maximum absolute atomic E-state index is 13.7. The number of amides is 3. The van der Waals surface area contributed by atoms with Crippen LogP contribution in [0.15, 0.2) is 59.5 Å². The van der Waals surface area contributed by atoms with Crippen molar-refractivity contribution in [1.29, 1.82) is 0 Å². The first-order chi connectivity index (χ1) is 27.3. The van der Waals surface area contributed by atoms with Gasteiger partial charge in [-0.05, 0) is 113 Å². The summed E-state index contributed by atoms with van der Waals surface area (Å²) in [5, 5.41) is 7.96. The number of benzene rings is 2. The number of methoxy groups -OCH3 is 1. The number of sulfonamides is 1. The second-order valence-corrected chi connectivity index (χ2v) is 16.4. The number of fused-ring (bicyclic) bond motifs is 1. The number of aliphatic imine (C=N–C) groups is 1. The Morgan fingerprint density at radius 3 is 2.22 bits per heavy atom. The molecule has 1 aliphatic rings. The van der Waals surface area contributed by atoms with E-state index in [2.05, 4.69) is 52.7 Å². The van der Waals surface area contributed by atoms with Gasteiger partial charge in [0, 0.05) is 19.9 Å². The molecular weight excluding hydrogens is 765 g/mol. The minimum atomic E-state index is -4.16. The van der Waals surface area contributed by atoms with Gasteiger partial charge in [-0.15, -0.1) is 6.58 Å². The van der Waals surface area contributed by atoms with Gasteiger partial charge in [-0.2, -0.15) is 0 Å². The lowest BCUT2D eigenvalue weighted by atomic mass is 9.86. The van der Waals surface area contributed by atoms with Crippen LogP contribution >= 0.6 is 0 Å². The van der Waals surface area contributed by atoms with Crippen LogP contribution < -0.4 is 35.9 Å². The number of esters is 1. The summed E-state index contributed by atoms with van der Waals surface area (Å²) in [5.41, 5.74) is 9.21. The van der Waals surface area contributed by atoms with Crippen LogP contribution in [0.3, 0.4) is 0 Å². The number of carbonyl (C=O) groups excluding carboxylic acids is 4. The zero-order chi connectivity index (χ0) is 43.4. The highest BCUT2D eigenvalue weighted by Gasteiger charge is 2.35. The van der Waals surface area contributed by atoms with E-state index in [0.29, 0.717) is 28.9 Å². The van der Waals surface area contributed by atoms with E-state index >= 15 is 0 Å². The first kappa shape index (κ1) is 47.0. The number of nitrogens with one attached hydrogen (secondary N) is 4. The Hall–Kier alpha value is -5.38. The topological polar surface area (TPSA) is 217 Å². The first-order valence-corrected chi connectivity index (χ1v) is 20.9. The van der Waals surface area contributed by atoms with Gasteiger partial charge in [-0.25, -0.2) is 17.9 Å². The Labute approximate surface area is 342 Å². The Kier molecular flexibility index (Phi) is 16.9. The van der Waals surface area contributed by atoms with E-state index in [9.17, 15) is 27.6 Å². The third-order valence-corrected chi connectivity index (χ3v) is 11.9. The normalized spacial score (nSPS) is 17.2. The summed E-state index contributed by atoms with van der Waals surface area (Å²) in [6, 6.07) is 3.65. The van der Waals surface area contributed by atoms with E-state index in [4.69, 9.17) is 19.9 Å². The average Bonchev–Trinajstić information content (AvgIpc) is 3.17. The Morgan fingerprint density at radius 2 is 1.64 bits per heavy atom. The molecule has 58 heavy (non-hydrogen) atoms. The average molecular weight is 825 g/mol. The highest BCUT2D eigenvalue weighted by atomic mass is 32.2. The predicted octanol–water partition coefficient (Wildman–Crippen LogP) is 3.90. The van der Waals surface area contributed by atoms with Crippen molar-refractivity contribution in [3.05, 3.63) is 77.4 Å². The van der Waals surface area contributed by atoms with Gasteiger partial charge in [0.25, 0.3) is 10.0 Å². The van der Waals surface area contributed by atoms with Gasteiger partial charge in [0.1, 0.15) is 41.3 Å². The number of carbonyl (C=O) groups is 4. The molecule has 0 bridgehead atoms. The van der Waals surface area contributed by atoms with Gasteiger partial charge >= 0.3 is 5.97 Å². The van der Waals surface area contributed by atoms with Crippen molar-refractivity contribution in [2.75, 3.05) is 13.7 Å². The zero-order valence-corrected chi connectivity index (χ0v) is 35.8. The first-order valence-electron chi connectivity index (χ1n) is 19.4. The Morgan fingerprint density at radius 1 is 1.00 bits per heavy atom. The molecule has 0 fully saturated rings. The predicted molar refractivity (Wildman–Crippen MR) is 223 cm³/mol. The molecule has 0 saturated carbocycles. The molecule has 16 heteroatoms. The molecule has 318 valence electrons. The van der Waals surface area contributed by atoms with Crippen molar-refractivity contribution >= 4 is 39.7 Å². The molecule has 1 heterocycles. The van der Waals surface area contributed by atoms with E-state index in [-0.39, 0.29) is 54.8 Å². The molecule has 0 aliphatic carbocycles. The smallest absolute Gasteiger partial charge is 0.328 e. The largest absolute Gasteiger partial charge is 0.487 e. The van der Waals surface area contributed by atoms with Gasteiger partial charge in [0.05, 0.1) is 12.0 Å². The lowest BCUT2D eigenvalue weighted by molar-refractivity contribution is -0.145. The molecule has 0 saturated heterocycles. The lowest BCUT2D eigenvalue weighted by Gasteiger charge is -2.37. The fourth-order valence-corrected chi connectivity index (χ4v) is 8.17. The second-order valence-electron chi connectivity index (χ2n) is 14.8. The van der Waals surface area contributed by atoms with Gasteiger partial charge < -0.3 is 35.9 Å². The second kappa shape index (κ2) is 20.9. The maximum Gasteiger partial charge on any atom is 0.328 e. The molecule has 6 N–H and O–H groups in total. The van der Waals surface area contributed by atoms with Crippen LogP contribution in [0.1, 0.15) is 87.6 Å². The molecule has 1 unspecified atom stereocenters. The van der Waals surface area contributed by atoms with Crippen molar-refractivity contribution in [2.45, 2.75) is 128 Å². The van der Waals surface area contributed by atoms with Crippen LogP contribution in [0, 0.1) is 20.8 Å². The molecule has 0 spiro atoms. The van der Waals surface area contributed by atoms with Crippen LogP contribution in [0.4, 0.5) is 0 Å². The Balaban J connectivity index is 1.80. The number of hydrogen-bond donors (Lipinski definition) is 5. The molecule has 0 aromatic heterocycles. The van der Waals surface area contributed by atoms with Crippen LogP contribution in [0.5, 0.6) is 11.5 Å². The maximum atomic E-state index is 13.7. The number of rotatable bonds is 20. The molecule has 2 aromatic carbocycles. The van der Waals surface area contributed by atoms with E-state index in [0.717, 1.165) is 29.7 Å². The van der Waals surface area contributed by atoms with Crippen LogP contribution in [-0.2, 0) is 46.8 Å². The summed E-state index contributed by atoms with van der Waals surface area (Å²) in [7, 11) is -2.97. The monoisotopic (exact) mass is 824 g/mol. The molecule has 1 aliphatic heterocycles. The summed E-state index contributed by atoms with van der Waals surface area (Å²) >= 11 is 0. The summed E-state index contributed by atoms with van der Waals surface area (Å²) in [5.74, 6) is -1.56. The third-order valence-electron chi connectivity index (χ3n) is 10.3. The number of nitrogens with two attached hydrogens (primary N) is 1.